The van der Waals surface area contributed by atoms with Gasteiger partial charge < -0.3 is 4.74 Å². The van der Waals surface area contributed by atoms with Crippen LogP contribution in [0.15, 0.2) is 18.2 Å². The number of piperidine rings is 1. The minimum atomic E-state index is -0.141. The van der Waals surface area contributed by atoms with Gasteiger partial charge in [-0.15, -0.1) is 0 Å². The number of imide groups is 1. The molecular formula is C20H26BrNO5. The molecule has 0 saturated carbocycles. The lowest BCUT2D eigenvalue weighted by Crippen LogP contribution is -2.39. The number of carbonyl (C=O) groups excluding carboxylic acids is 4. The number of benzene rings is 1. The van der Waals surface area contributed by atoms with Crippen molar-refractivity contribution in [1.82, 2.24) is 5.32 Å². The van der Waals surface area contributed by atoms with Gasteiger partial charge in [0.25, 0.3) is 0 Å². The predicted molar refractivity (Wildman–Crippen MR) is 107 cm³/mol. The summed E-state index contributed by atoms with van der Waals surface area (Å²) in [4.78, 5) is 44.6. The maximum atomic E-state index is 11.9. The van der Waals surface area contributed by atoms with Crippen molar-refractivity contribution in [2.45, 2.75) is 46.5 Å². The lowest BCUT2D eigenvalue weighted by atomic mass is 9.98. The van der Waals surface area contributed by atoms with Crippen LogP contribution >= 0.6 is 15.9 Å². The standard InChI is InChI=1S/C14H17BrO3.C6H9NO2/c1-3-4-14(17)12-6-5-11(18-8-7-15)9-13(12)10(2)16;1-4-2-3-5(8)7-6(4)9/h5-6,9H,3-4,7-8H2,1-2H3;4H,2-3H2,1H3,(H,7,8,9). The van der Waals surface area contributed by atoms with Crippen molar-refractivity contribution < 1.29 is 23.9 Å². The molecule has 6 nitrogen and oxygen atoms in total. The van der Waals surface area contributed by atoms with Crippen LogP contribution in [0.1, 0.15) is 67.2 Å². The molecular weight excluding hydrogens is 414 g/mol. The van der Waals surface area contributed by atoms with Crippen molar-refractivity contribution in [3.63, 3.8) is 0 Å². The van der Waals surface area contributed by atoms with Crippen LogP contribution in [0.3, 0.4) is 0 Å². The van der Waals surface area contributed by atoms with E-state index in [1.165, 1.54) is 6.92 Å². The Hall–Kier alpha value is -2.02. The lowest BCUT2D eigenvalue weighted by molar-refractivity contribution is -0.135. The third kappa shape index (κ3) is 7.62. The number of alkyl halides is 1. The van der Waals surface area contributed by atoms with Gasteiger partial charge in [-0.1, -0.05) is 29.8 Å². The molecule has 0 aromatic heterocycles. The van der Waals surface area contributed by atoms with Crippen LogP contribution in [-0.4, -0.2) is 35.3 Å². The highest BCUT2D eigenvalue weighted by atomic mass is 79.9. The van der Waals surface area contributed by atoms with Crippen LogP contribution in [-0.2, 0) is 9.59 Å². The Bertz CT molecular complexity index is 702. The molecule has 1 atom stereocenters. The quantitative estimate of drug-likeness (QED) is 0.397. The largest absolute Gasteiger partial charge is 0.493 e. The highest BCUT2D eigenvalue weighted by Crippen LogP contribution is 2.20. The van der Waals surface area contributed by atoms with Crippen molar-refractivity contribution in [3.05, 3.63) is 29.3 Å². The van der Waals surface area contributed by atoms with Crippen molar-refractivity contribution in [2.24, 2.45) is 5.92 Å². The second-order valence-electron chi connectivity index (χ2n) is 6.33. The summed E-state index contributed by atoms with van der Waals surface area (Å²) in [6.45, 7) is 5.76. The predicted octanol–water partition coefficient (Wildman–Crippen LogP) is 3.70. The van der Waals surface area contributed by atoms with Gasteiger partial charge in [-0.2, -0.15) is 0 Å². The summed E-state index contributed by atoms with van der Waals surface area (Å²) in [5.41, 5.74) is 0.941. The topological polar surface area (TPSA) is 89.5 Å². The summed E-state index contributed by atoms with van der Waals surface area (Å²) in [6, 6.07) is 5.06. The zero-order chi connectivity index (χ0) is 20.4. The molecule has 148 valence electrons. The summed E-state index contributed by atoms with van der Waals surface area (Å²) in [7, 11) is 0. The van der Waals surface area contributed by atoms with E-state index in [-0.39, 0.29) is 29.3 Å². The number of halogens is 1. The molecule has 1 aliphatic heterocycles. The van der Waals surface area contributed by atoms with Crippen LogP contribution in [0.4, 0.5) is 0 Å². The third-order valence-corrected chi connectivity index (χ3v) is 4.33. The molecule has 27 heavy (non-hydrogen) atoms. The number of rotatable bonds is 7. The second-order valence-corrected chi connectivity index (χ2v) is 7.12. The monoisotopic (exact) mass is 439 g/mol. The number of carbonyl (C=O) groups is 4. The maximum Gasteiger partial charge on any atom is 0.229 e. The summed E-state index contributed by atoms with van der Waals surface area (Å²) in [6.07, 6.45) is 2.43. The summed E-state index contributed by atoms with van der Waals surface area (Å²) in [5.74, 6) is 0.258. The first kappa shape index (κ1) is 23.0. The number of amides is 2. The smallest absolute Gasteiger partial charge is 0.229 e. The van der Waals surface area contributed by atoms with Gasteiger partial charge in [0.1, 0.15) is 5.75 Å². The Morgan fingerprint density at radius 2 is 1.96 bits per heavy atom. The van der Waals surface area contributed by atoms with E-state index in [9.17, 15) is 19.2 Å². The fourth-order valence-electron chi connectivity index (χ4n) is 2.47. The highest BCUT2D eigenvalue weighted by Gasteiger charge is 2.21. The van der Waals surface area contributed by atoms with Crippen LogP contribution in [0.25, 0.3) is 0 Å². The molecule has 7 heteroatoms. The van der Waals surface area contributed by atoms with Crippen LogP contribution in [0.5, 0.6) is 5.75 Å². The Balaban J connectivity index is 0.000000337. The fraction of sp³-hybridized carbons (Fsp3) is 0.500. The van der Waals surface area contributed by atoms with Crippen molar-refractivity contribution >= 4 is 39.3 Å². The normalized spacial score (nSPS) is 16.1. The van der Waals surface area contributed by atoms with Gasteiger partial charge in [0.15, 0.2) is 11.6 Å². The summed E-state index contributed by atoms with van der Waals surface area (Å²) in [5, 5.41) is 2.97. The van der Waals surface area contributed by atoms with E-state index >= 15 is 0 Å². The number of nitrogens with one attached hydrogen (secondary N) is 1. The van der Waals surface area contributed by atoms with Gasteiger partial charge in [-0.25, -0.2) is 0 Å². The minimum absolute atomic E-state index is 0.00902. The molecule has 0 aliphatic carbocycles. The maximum absolute atomic E-state index is 11.9. The highest BCUT2D eigenvalue weighted by molar-refractivity contribution is 9.09. The van der Waals surface area contributed by atoms with Crippen molar-refractivity contribution in [2.75, 3.05) is 11.9 Å². The molecule has 1 fully saturated rings. The van der Waals surface area contributed by atoms with E-state index in [2.05, 4.69) is 21.2 Å². The molecule has 1 heterocycles. The minimum Gasteiger partial charge on any atom is -0.493 e. The SMILES string of the molecule is CC1CCC(=O)NC1=O.CCCC(=O)c1ccc(OCCBr)cc1C(C)=O. The first-order valence-electron chi connectivity index (χ1n) is 9.00. The molecule has 0 spiro atoms. The third-order valence-electron chi connectivity index (χ3n) is 4.01. The average Bonchev–Trinajstić information content (AvgIpc) is 2.63. The summed E-state index contributed by atoms with van der Waals surface area (Å²) < 4.78 is 5.43. The molecule has 1 aromatic carbocycles. The van der Waals surface area contributed by atoms with Crippen molar-refractivity contribution in [1.29, 1.82) is 0 Å². The first-order chi connectivity index (χ1) is 12.8. The molecule has 1 saturated heterocycles. The van der Waals surface area contributed by atoms with Gasteiger partial charge in [-0.05, 0) is 38.0 Å². The van der Waals surface area contributed by atoms with Crippen LogP contribution in [0, 0.1) is 5.92 Å². The average molecular weight is 440 g/mol. The molecule has 1 N–H and O–H groups in total. The lowest BCUT2D eigenvalue weighted by Gasteiger charge is -2.15. The molecule has 1 aromatic rings. The van der Waals surface area contributed by atoms with Crippen molar-refractivity contribution in [3.8, 4) is 5.75 Å². The Morgan fingerprint density at radius 1 is 1.26 bits per heavy atom. The first-order valence-corrected chi connectivity index (χ1v) is 10.1. The molecule has 2 amide bonds. The van der Waals surface area contributed by atoms with E-state index < -0.39 is 0 Å². The number of ether oxygens (including phenoxy) is 1. The number of hydrogen-bond acceptors (Lipinski definition) is 5. The van der Waals surface area contributed by atoms with E-state index in [0.717, 1.165) is 11.8 Å². The molecule has 0 bridgehead atoms. The molecule has 2 rings (SSSR count). The number of ketones is 2. The fourth-order valence-corrected chi connectivity index (χ4v) is 2.63. The van der Waals surface area contributed by atoms with Crippen LogP contribution in [0.2, 0.25) is 0 Å². The van der Waals surface area contributed by atoms with Gasteiger partial charge >= 0.3 is 0 Å². The van der Waals surface area contributed by atoms with Gasteiger partial charge in [-0.3, -0.25) is 24.5 Å². The summed E-state index contributed by atoms with van der Waals surface area (Å²) >= 11 is 3.27. The zero-order valence-corrected chi connectivity index (χ0v) is 17.6. The molecule has 1 unspecified atom stereocenters. The molecule has 1 aliphatic rings. The van der Waals surface area contributed by atoms with Gasteiger partial charge in [0.2, 0.25) is 11.8 Å². The number of hydrogen-bond donors (Lipinski definition) is 1. The Morgan fingerprint density at radius 3 is 2.48 bits per heavy atom. The molecule has 0 radical (unpaired) electrons. The van der Waals surface area contributed by atoms with E-state index in [0.29, 0.717) is 42.7 Å². The number of Topliss-reactive ketones (excluding diaryl/α,β-unsaturated/α-hetero) is 2. The van der Waals surface area contributed by atoms with E-state index in [1.807, 2.05) is 13.8 Å². The van der Waals surface area contributed by atoms with Crippen LogP contribution < -0.4 is 10.1 Å². The van der Waals surface area contributed by atoms with Gasteiger partial charge in [0.05, 0.1) is 6.61 Å². The van der Waals surface area contributed by atoms with E-state index in [1.54, 1.807) is 18.2 Å². The zero-order valence-electron chi connectivity index (χ0n) is 16.0. The Labute approximate surface area is 168 Å². The Kier molecular flexibility index (Phi) is 9.93. The van der Waals surface area contributed by atoms with Gasteiger partial charge in [0, 0.05) is 35.2 Å². The van der Waals surface area contributed by atoms with E-state index in [4.69, 9.17) is 4.74 Å². The second kappa shape index (κ2) is 11.6.